The number of hydrogen-bond donors (Lipinski definition) is 0. The first-order chi connectivity index (χ1) is 13.6. The monoisotopic (exact) mass is 369 g/mol. The zero-order valence-corrected chi connectivity index (χ0v) is 16.7. The van der Waals surface area contributed by atoms with E-state index < -0.39 is 0 Å². The van der Waals surface area contributed by atoms with Crippen molar-refractivity contribution in [2.45, 2.75) is 26.9 Å². The summed E-state index contributed by atoms with van der Waals surface area (Å²) < 4.78 is 6.22. The summed E-state index contributed by atoms with van der Waals surface area (Å²) in [7, 11) is 0. The summed E-state index contributed by atoms with van der Waals surface area (Å²) in [6.45, 7) is 7.54. The SMILES string of the molecule is Cc1ccc(OCc2ccccc2)c(-c2cccc(N3CC4CC4(C)C3)c2)c1. The average molecular weight is 370 g/mol. The Kier molecular flexibility index (Phi) is 4.16. The van der Waals surface area contributed by atoms with Gasteiger partial charge >= 0.3 is 0 Å². The van der Waals surface area contributed by atoms with Gasteiger partial charge in [-0.1, -0.05) is 61.0 Å². The van der Waals surface area contributed by atoms with Crippen molar-refractivity contribution in [3.05, 3.63) is 83.9 Å². The minimum absolute atomic E-state index is 0.559. The third-order valence-corrected chi connectivity index (χ3v) is 6.43. The van der Waals surface area contributed by atoms with Crippen LogP contribution in [0.4, 0.5) is 5.69 Å². The Hall–Kier alpha value is -2.74. The van der Waals surface area contributed by atoms with Gasteiger partial charge in [-0.25, -0.2) is 0 Å². The fraction of sp³-hybridized carbons (Fsp3) is 0.308. The zero-order valence-electron chi connectivity index (χ0n) is 16.7. The van der Waals surface area contributed by atoms with Crippen molar-refractivity contribution >= 4 is 5.69 Å². The van der Waals surface area contributed by atoms with Crippen molar-refractivity contribution in [3.8, 4) is 16.9 Å². The Morgan fingerprint density at radius 2 is 1.86 bits per heavy atom. The molecule has 1 aliphatic carbocycles. The number of benzene rings is 3. The minimum atomic E-state index is 0.559. The molecule has 3 aromatic carbocycles. The van der Waals surface area contributed by atoms with Crippen LogP contribution >= 0.6 is 0 Å². The summed E-state index contributed by atoms with van der Waals surface area (Å²) in [6.07, 6.45) is 1.40. The number of rotatable bonds is 5. The highest BCUT2D eigenvalue weighted by Crippen LogP contribution is 2.58. The Bertz CT molecular complexity index is 996. The highest BCUT2D eigenvalue weighted by atomic mass is 16.5. The van der Waals surface area contributed by atoms with Crippen LogP contribution in [0, 0.1) is 18.3 Å². The number of aryl methyl sites for hydroxylation is 1. The van der Waals surface area contributed by atoms with Crippen molar-refractivity contribution in [1.82, 2.24) is 0 Å². The average Bonchev–Trinajstić information content (AvgIpc) is 3.24. The van der Waals surface area contributed by atoms with Crippen LogP contribution in [0.3, 0.4) is 0 Å². The molecule has 0 N–H and O–H groups in total. The van der Waals surface area contributed by atoms with Crippen LogP contribution in [-0.4, -0.2) is 13.1 Å². The van der Waals surface area contributed by atoms with Gasteiger partial charge in [-0.3, -0.25) is 0 Å². The Labute approximate surface area is 167 Å². The lowest BCUT2D eigenvalue weighted by Crippen LogP contribution is -2.23. The topological polar surface area (TPSA) is 12.5 Å². The van der Waals surface area contributed by atoms with Crippen LogP contribution in [0.1, 0.15) is 24.5 Å². The molecule has 2 heteroatoms. The first-order valence-corrected chi connectivity index (χ1v) is 10.2. The van der Waals surface area contributed by atoms with E-state index in [2.05, 4.69) is 85.5 Å². The van der Waals surface area contributed by atoms with E-state index in [0.29, 0.717) is 12.0 Å². The molecule has 2 fully saturated rings. The van der Waals surface area contributed by atoms with E-state index in [4.69, 9.17) is 4.74 Å². The van der Waals surface area contributed by atoms with Crippen molar-refractivity contribution < 1.29 is 4.74 Å². The lowest BCUT2D eigenvalue weighted by Gasteiger charge is -2.23. The fourth-order valence-electron chi connectivity index (χ4n) is 4.55. The van der Waals surface area contributed by atoms with Crippen LogP contribution in [0.5, 0.6) is 5.75 Å². The van der Waals surface area contributed by atoms with Gasteiger partial charge in [-0.15, -0.1) is 0 Å². The third kappa shape index (κ3) is 3.28. The van der Waals surface area contributed by atoms with E-state index in [9.17, 15) is 0 Å². The smallest absolute Gasteiger partial charge is 0.127 e. The van der Waals surface area contributed by atoms with Gasteiger partial charge in [0.2, 0.25) is 0 Å². The number of nitrogens with zero attached hydrogens (tertiary/aromatic N) is 1. The van der Waals surface area contributed by atoms with Crippen LogP contribution in [-0.2, 0) is 6.61 Å². The Morgan fingerprint density at radius 3 is 2.64 bits per heavy atom. The molecule has 3 aromatic rings. The lowest BCUT2D eigenvalue weighted by molar-refractivity contribution is 0.307. The van der Waals surface area contributed by atoms with Crippen molar-refractivity contribution in [2.75, 3.05) is 18.0 Å². The molecule has 0 radical (unpaired) electrons. The number of piperidine rings is 1. The molecule has 2 unspecified atom stereocenters. The third-order valence-electron chi connectivity index (χ3n) is 6.43. The molecule has 0 bridgehead atoms. The van der Waals surface area contributed by atoms with Crippen molar-refractivity contribution in [3.63, 3.8) is 0 Å². The predicted octanol–water partition coefficient (Wildman–Crippen LogP) is 6.09. The second-order valence-electron chi connectivity index (χ2n) is 8.76. The molecular weight excluding hydrogens is 342 g/mol. The van der Waals surface area contributed by atoms with Gasteiger partial charge in [0.15, 0.2) is 0 Å². The van der Waals surface area contributed by atoms with Crippen LogP contribution < -0.4 is 9.64 Å². The first kappa shape index (κ1) is 17.4. The molecule has 0 aromatic heterocycles. The van der Waals surface area contributed by atoms with Gasteiger partial charge in [0.1, 0.15) is 12.4 Å². The molecule has 2 aliphatic rings. The maximum absolute atomic E-state index is 6.22. The lowest BCUT2D eigenvalue weighted by atomic mass is 10.0. The van der Waals surface area contributed by atoms with Crippen molar-refractivity contribution in [2.24, 2.45) is 11.3 Å². The molecular formula is C26H27NO. The van der Waals surface area contributed by atoms with E-state index in [1.54, 1.807) is 0 Å². The minimum Gasteiger partial charge on any atom is -0.488 e. The summed E-state index contributed by atoms with van der Waals surface area (Å²) >= 11 is 0. The molecule has 5 rings (SSSR count). The molecule has 0 amide bonds. The number of hydrogen-bond acceptors (Lipinski definition) is 2. The molecule has 1 heterocycles. The molecule has 2 nitrogen and oxygen atoms in total. The summed E-state index contributed by atoms with van der Waals surface area (Å²) in [6, 6.07) is 25.8. The standard InChI is InChI=1S/C26H27NO/c1-19-11-12-25(28-17-20-7-4-3-5-8-20)24(13-19)21-9-6-10-23(14-21)27-16-22-15-26(22,2)18-27/h3-14,22H,15-18H2,1-2H3. The maximum atomic E-state index is 6.22. The normalized spacial score (nSPS) is 22.8. The predicted molar refractivity (Wildman–Crippen MR) is 116 cm³/mol. The number of ether oxygens (including phenoxy) is 1. The van der Waals surface area contributed by atoms with Gasteiger partial charge in [0.25, 0.3) is 0 Å². The number of fused-ring (bicyclic) bond motifs is 1. The van der Waals surface area contributed by atoms with Crippen LogP contribution in [0.2, 0.25) is 0 Å². The Morgan fingerprint density at radius 1 is 1.00 bits per heavy atom. The molecule has 1 saturated heterocycles. The summed E-state index contributed by atoms with van der Waals surface area (Å²) in [5, 5.41) is 0. The van der Waals surface area contributed by atoms with Crippen molar-refractivity contribution in [1.29, 1.82) is 0 Å². The van der Waals surface area contributed by atoms with Gasteiger partial charge in [0, 0.05) is 24.3 Å². The van der Waals surface area contributed by atoms with Gasteiger partial charge in [-0.2, -0.15) is 0 Å². The second kappa shape index (κ2) is 6.70. The second-order valence-corrected chi connectivity index (χ2v) is 8.76. The largest absolute Gasteiger partial charge is 0.488 e. The first-order valence-electron chi connectivity index (χ1n) is 10.2. The van der Waals surface area contributed by atoms with Gasteiger partial charge < -0.3 is 9.64 Å². The summed E-state index contributed by atoms with van der Waals surface area (Å²) in [5.74, 6) is 1.84. The van der Waals surface area contributed by atoms with Gasteiger partial charge in [-0.05, 0) is 60.1 Å². The Balaban J connectivity index is 1.42. The molecule has 1 saturated carbocycles. The van der Waals surface area contributed by atoms with Gasteiger partial charge in [0.05, 0.1) is 0 Å². The highest BCUT2D eigenvalue weighted by Gasteiger charge is 2.56. The zero-order chi connectivity index (χ0) is 19.1. The van der Waals surface area contributed by atoms with E-state index in [0.717, 1.165) is 11.7 Å². The summed E-state index contributed by atoms with van der Waals surface area (Å²) in [4.78, 5) is 2.55. The van der Waals surface area contributed by atoms with Crippen LogP contribution in [0.25, 0.3) is 11.1 Å². The van der Waals surface area contributed by atoms with Crippen LogP contribution in [0.15, 0.2) is 72.8 Å². The van der Waals surface area contributed by atoms with E-state index >= 15 is 0 Å². The molecule has 1 aliphatic heterocycles. The fourth-order valence-corrected chi connectivity index (χ4v) is 4.55. The number of anilines is 1. The highest BCUT2D eigenvalue weighted by molar-refractivity contribution is 5.74. The molecule has 2 atom stereocenters. The molecule has 142 valence electrons. The van der Waals surface area contributed by atoms with E-state index in [1.165, 1.54) is 47.5 Å². The van der Waals surface area contributed by atoms with E-state index in [1.807, 2.05) is 6.07 Å². The summed E-state index contributed by atoms with van der Waals surface area (Å²) in [5.41, 5.74) is 6.74. The maximum Gasteiger partial charge on any atom is 0.127 e. The molecule has 28 heavy (non-hydrogen) atoms. The molecule has 0 spiro atoms. The quantitative estimate of drug-likeness (QED) is 0.540. The van der Waals surface area contributed by atoms with E-state index in [-0.39, 0.29) is 0 Å².